The van der Waals surface area contributed by atoms with E-state index in [0.29, 0.717) is 5.56 Å². The third-order valence-corrected chi connectivity index (χ3v) is 2.45. The quantitative estimate of drug-likeness (QED) is 0.544. The lowest BCUT2D eigenvalue weighted by Gasteiger charge is -1.93. The minimum Gasteiger partial charge on any atom is -0.317 e. The lowest BCUT2D eigenvalue weighted by atomic mass is 10.2. The van der Waals surface area contributed by atoms with Gasteiger partial charge in [-0.25, -0.2) is 0 Å². The van der Waals surface area contributed by atoms with E-state index in [1.165, 1.54) is 30.3 Å². The fraction of sp³-hybridized carbons (Fsp3) is 0. The van der Waals surface area contributed by atoms with Crippen LogP contribution in [0.25, 0.3) is 12.7 Å². The van der Waals surface area contributed by atoms with Gasteiger partial charge >= 0.3 is 0 Å². The fourth-order valence-corrected chi connectivity index (χ4v) is 1.48. The molecule has 1 aromatic carbocycles. The molecule has 0 unspecified atom stereocenters. The van der Waals surface area contributed by atoms with E-state index in [9.17, 15) is 19.7 Å². The predicted molar refractivity (Wildman–Crippen MR) is 69.1 cm³/mol. The molecule has 1 aromatic heterocycles. The first-order valence-corrected chi connectivity index (χ1v) is 5.25. The van der Waals surface area contributed by atoms with Crippen LogP contribution in [0, 0.1) is 10.1 Å². The van der Waals surface area contributed by atoms with Crippen LogP contribution in [-0.4, -0.2) is 14.9 Å². The number of H-pyrrole nitrogens is 2. The van der Waals surface area contributed by atoms with E-state index in [2.05, 4.69) is 16.5 Å². The molecule has 0 spiro atoms. The van der Waals surface area contributed by atoms with Gasteiger partial charge in [0.15, 0.2) is 0 Å². The van der Waals surface area contributed by atoms with Crippen molar-refractivity contribution in [2.75, 3.05) is 0 Å². The summed E-state index contributed by atoms with van der Waals surface area (Å²) in [6.45, 7) is 3.37. The molecule has 7 nitrogen and oxygen atoms in total. The Bertz CT molecular complexity index is 846. The maximum Gasteiger partial charge on any atom is 0.272 e. The molecule has 2 rings (SSSR count). The van der Waals surface area contributed by atoms with Crippen molar-refractivity contribution in [1.82, 2.24) is 9.97 Å². The summed E-state index contributed by atoms with van der Waals surface area (Å²) in [7, 11) is 0. The van der Waals surface area contributed by atoms with Gasteiger partial charge in [0.2, 0.25) is 0 Å². The minimum absolute atomic E-state index is 0.0224. The monoisotopic (exact) mass is 259 g/mol. The van der Waals surface area contributed by atoms with Gasteiger partial charge in [0.05, 0.1) is 10.3 Å². The summed E-state index contributed by atoms with van der Waals surface area (Å²) in [6.07, 6.45) is 1.42. The topological polar surface area (TPSA) is 109 Å². The van der Waals surface area contributed by atoms with Crippen LogP contribution in [0.15, 0.2) is 33.9 Å². The third kappa shape index (κ3) is 2.65. The third-order valence-electron chi connectivity index (χ3n) is 2.45. The zero-order valence-electron chi connectivity index (χ0n) is 9.67. The number of aromatic amines is 2. The Labute approximate surface area is 105 Å². The highest BCUT2D eigenvalue weighted by atomic mass is 16.6. The molecule has 0 saturated heterocycles. The largest absolute Gasteiger partial charge is 0.317 e. The first-order chi connectivity index (χ1) is 8.97. The van der Waals surface area contributed by atoms with Crippen LogP contribution in [0.4, 0.5) is 5.69 Å². The number of nitro groups is 1. The van der Waals surface area contributed by atoms with Crippen molar-refractivity contribution >= 4 is 18.3 Å². The highest BCUT2D eigenvalue weighted by Gasteiger charge is 2.02. The Morgan fingerprint density at radius 1 is 1.11 bits per heavy atom. The second-order valence-electron chi connectivity index (χ2n) is 3.79. The number of nitro benzene ring substituents is 1. The lowest BCUT2D eigenvalue weighted by molar-refractivity contribution is -0.384. The Hall–Kier alpha value is -2.96. The van der Waals surface area contributed by atoms with Crippen molar-refractivity contribution in [2.45, 2.75) is 0 Å². The summed E-state index contributed by atoms with van der Waals surface area (Å²) < 4.78 is 0. The van der Waals surface area contributed by atoms with Crippen molar-refractivity contribution in [1.29, 1.82) is 0 Å². The van der Waals surface area contributed by atoms with Gasteiger partial charge < -0.3 is 9.97 Å². The van der Waals surface area contributed by atoms with Gasteiger partial charge in [-0.15, -0.1) is 0 Å². The summed E-state index contributed by atoms with van der Waals surface area (Å²) in [4.78, 5) is 37.6. The molecule has 0 aliphatic rings. The molecule has 2 aromatic rings. The lowest BCUT2D eigenvalue weighted by Crippen LogP contribution is -2.46. The number of rotatable bonds is 2. The van der Waals surface area contributed by atoms with E-state index in [1.54, 1.807) is 0 Å². The first kappa shape index (κ1) is 12.5. The standard InChI is InChI=1S/C12H9N3O4/c1-7-11(16)14-10(12(17)13-7)6-8-2-4-9(5-3-8)15(18)19/h2-6H,1H2,(H,13,17)(H,14,16). The molecule has 19 heavy (non-hydrogen) atoms. The van der Waals surface area contributed by atoms with Gasteiger partial charge in [0, 0.05) is 12.1 Å². The van der Waals surface area contributed by atoms with Crippen LogP contribution < -0.4 is 21.8 Å². The van der Waals surface area contributed by atoms with Gasteiger partial charge in [-0.2, -0.15) is 0 Å². The van der Waals surface area contributed by atoms with Crippen LogP contribution in [0.5, 0.6) is 0 Å². The van der Waals surface area contributed by atoms with E-state index in [1.807, 2.05) is 0 Å². The predicted octanol–water partition coefficient (Wildman–Crippen LogP) is -0.790. The zero-order valence-corrected chi connectivity index (χ0v) is 9.67. The summed E-state index contributed by atoms with van der Waals surface area (Å²) in [5.41, 5.74) is -0.466. The first-order valence-electron chi connectivity index (χ1n) is 5.25. The van der Waals surface area contributed by atoms with Crippen LogP contribution in [0.2, 0.25) is 0 Å². The van der Waals surface area contributed by atoms with Gasteiger partial charge in [-0.3, -0.25) is 19.7 Å². The smallest absolute Gasteiger partial charge is 0.272 e. The molecule has 0 bridgehead atoms. The highest BCUT2D eigenvalue weighted by molar-refractivity contribution is 5.50. The summed E-state index contributed by atoms with van der Waals surface area (Å²) in [5, 5.41) is 10.5. The molecule has 0 fully saturated rings. The van der Waals surface area contributed by atoms with Crippen LogP contribution >= 0.6 is 0 Å². The number of hydrogen-bond donors (Lipinski definition) is 2. The molecular weight excluding hydrogens is 250 g/mol. The van der Waals surface area contributed by atoms with E-state index >= 15 is 0 Å². The number of aromatic nitrogens is 2. The van der Waals surface area contributed by atoms with Gasteiger partial charge in [-0.1, -0.05) is 6.58 Å². The van der Waals surface area contributed by atoms with Crippen molar-refractivity contribution in [2.24, 2.45) is 0 Å². The number of benzene rings is 1. The maximum atomic E-state index is 11.6. The van der Waals surface area contributed by atoms with Gasteiger partial charge in [-0.05, 0) is 23.8 Å². The highest BCUT2D eigenvalue weighted by Crippen LogP contribution is 2.11. The number of nitrogens with one attached hydrogen (secondary N) is 2. The summed E-state index contributed by atoms with van der Waals surface area (Å²) in [6, 6.07) is 5.59. The molecule has 96 valence electrons. The normalized spacial score (nSPS) is 11.5. The van der Waals surface area contributed by atoms with E-state index < -0.39 is 16.0 Å². The van der Waals surface area contributed by atoms with Crippen molar-refractivity contribution in [3.8, 4) is 0 Å². The molecule has 2 N–H and O–H groups in total. The summed E-state index contributed by atoms with van der Waals surface area (Å²) in [5.74, 6) is 0. The Kier molecular flexibility index (Phi) is 3.11. The van der Waals surface area contributed by atoms with Gasteiger partial charge in [0.1, 0.15) is 5.35 Å². The number of hydrogen-bond acceptors (Lipinski definition) is 4. The maximum absolute atomic E-state index is 11.6. The average Bonchev–Trinajstić information content (AvgIpc) is 2.36. The van der Waals surface area contributed by atoms with Crippen LogP contribution in [0.1, 0.15) is 5.56 Å². The average molecular weight is 259 g/mol. The van der Waals surface area contributed by atoms with Gasteiger partial charge in [0.25, 0.3) is 16.8 Å². The van der Waals surface area contributed by atoms with E-state index in [4.69, 9.17) is 0 Å². The zero-order chi connectivity index (χ0) is 14.0. The second-order valence-corrected chi connectivity index (χ2v) is 3.79. The van der Waals surface area contributed by atoms with E-state index in [-0.39, 0.29) is 16.4 Å². The number of nitrogens with zero attached hydrogens (tertiary/aromatic N) is 1. The minimum atomic E-state index is -0.518. The molecule has 0 saturated carbocycles. The molecule has 1 heterocycles. The molecular formula is C12H9N3O4. The van der Waals surface area contributed by atoms with E-state index in [0.717, 1.165) is 0 Å². The number of non-ortho nitro benzene ring substituents is 1. The molecule has 0 amide bonds. The SMILES string of the molecule is C=c1[nH]c(=O)c(=Cc2ccc([N+](=O)[O-])cc2)[nH]c1=O. The Balaban J connectivity index is 2.56. The Morgan fingerprint density at radius 3 is 2.32 bits per heavy atom. The molecule has 0 aliphatic carbocycles. The summed E-state index contributed by atoms with van der Waals surface area (Å²) >= 11 is 0. The van der Waals surface area contributed by atoms with Crippen molar-refractivity contribution in [3.63, 3.8) is 0 Å². The Morgan fingerprint density at radius 2 is 1.74 bits per heavy atom. The molecule has 0 radical (unpaired) electrons. The second kappa shape index (κ2) is 4.73. The van der Waals surface area contributed by atoms with Crippen molar-refractivity contribution in [3.05, 3.63) is 71.3 Å². The van der Waals surface area contributed by atoms with Crippen molar-refractivity contribution < 1.29 is 4.92 Å². The fourth-order valence-electron chi connectivity index (χ4n) is 1.48. The molecule has 0 atom stereocenters. The molecule has 7 heteroatoms. The molecule has 0 aliphatic heterocycles. The van der Waals surface area contributed by atoms with Crippen LogP contribution in [0.3, 0.4) is 0 Å². The van der Waals surface area contributed by atoms with Crippen LogP contribution in [-0.2, 0) is 0 Å².